The summed E-state index contributed by atoms with van der Waals surface area (Å²) in [7, 11) is 0. The van der Waals surface area contributed by atoms with Crippen molar-refractivity contribution in [3.8, 4) is 5.88 Å². The third kappa shape index (κ3) is 4.30. The lowest BCUT2D eigenvalue weighted by Gasteiger charge is -2.08. The van der Waals surface area contributed by atoms with Gasteiger partial charge in [-0.05, 0) is 43.4 Å². The van der Waals surface area contributed by atoms with E-state index in [9.17, 15) is 14.7 Å². The summed E-state index contributed by atoms with van der Waals surface area (Å²) >= 11 is 5.00. The van der Waals surface area contributed by atoms with E-state index in [1.807, 2.05) is 0 Å². The van der Waals surface area contributed by atoms with Crippen molar-refractivity contribution in [2.75, 3.05) is 6.61 Å². The number of aromatic amines is 1. The second-order valence-corrected chi connectivity index (χ2v) is 5.31. The Balaban J connectivity index is 2.32. The highest BCUT2D eigenvalue weighted by molar-refractivity contribution is 7.71. The number of aromatic nitrogens is 2. The zero-order chi connectivity index (χ0) is 18.4. The average Bonchev–Trinajstić information content (AvgIpc) is 2.59. The molecular formula is C17H17N3O4S. The van der Waals surface area contributed by atoms with Crippen LogP contribution in [-0.4, -0.2) is 33.4 Å². The van der Waals surface area contributed by atoms with Crippen molar-refractivity contribution < 1.29 is 14.6 Å². The highest BCUT2D eigenvalue weighted by Crippen LogP contribution is 2.16. The van der Waals surface area contributed by atoms with Gasteiger partial charge >= 0.3 is 5.97 Å². The molecule has 0 bridgehead atoms. The van der Waals surface area contributed by atoms with Crippen molar-refractivity contribution in [1.29, 1.82) is 0 Å². The summed E-state index contributed by atoms with van der Waals surface area (Å²) in [5.74, 6) is -0.709. The minimum atomic E-state index is -0.547. The highest BCUT2D eigenvalue weighted by Gasteiger charge is 2.10. The van der Waals surface area contributed by atoms with Crippen LogP contribution in [0.2, 0.25) is 0 Å². The topological polar surface area (TPSA) is 96.7 Å². The van der Waals surface area contributed by atoms with E-state index >= 15 is 0 Å². The zero-order valence-electron chi connectivity index (χ0n) is 13.6. The molecule has 0 radical (unpaired) electrons. The molecule has 130 valence electrons. The maximum atomic E-state index is 12.0. The molecule has 0 spiro atoms. The number of benzene rings is 1. The number of hydrogen-bond acceptors (Lipinski definition) is 6. The van der Waals surface area contributed by atoms with Crippen molar-refractivity contribution in [2.45, 2.75) is 13.5 Å². The van der Waals surface area contributed by atoms with Gasteiger partial charge in [0.2, 0.25) is 5.88 Å². The Hall–Kier alpha value is -3.00. The minimum Gasteiger partial charge on any atom is -0.494 e. The molecule has 1 aromatic carbocycles. The highest BCUT2D eigenvalue weighted by atomic mass is 32.1. The average molecular weight is 359 g/mol. The van der Waals surface area contributed by atoms with Crippen LogP contribution in [0, 0.1) is 4.77 Å². The van der Waals surface area contributed by atoms with Crippen LogP contribution in [0.15, 0.2) is 46.7 Å². The number of esters is 1. The Labute approximate surface area is 148 Å². The van der Waals surface area contributed by atoms with Crippen LogP contribution >= 0.6 is 12.2 Å². The van der Waals surface area contributed by atoms with Crippen LogP contribution in [0.25, 0.3) is 0 Å². The fourth-order valence-electron chi connectivity index (χ4n) is 2.03. The van der Waals surface area contributed by atoms with Gasteiger partial charge in [0.1, 0.15) is 5.56 Å². The lowest BCUT2D eigenvalue weighted by atomic mass is 10.2. The Morgan fingerprint density at radius 3 is 2.72 bits per heavy atom. The number of rotatable bonds is 6. The molecule has 0 aliphatic heterocycles. The molecule has 8 heteroatoms. The molecule has 2 rings (SSSR count). The van der Waals surface area contributed by atoms with Crippen LogP contribution in [0.4, 0.5) is 5.69 Å². The second kappa shape index (κ2) is 8.20. The number of nitrogens with zero attached hydrogens (tertiary/aromatic N) is 2. The molecule has 25 heavy (non-hydrogen) atoms. The Morgan fingerprint density at radius 1 is 1.44 bits per heavy atom. The monoisotopic (exact) mass is 359 g/mol. The largest absolute Gasteiger partial charge is 0.494 e. The van der Waals surface area contributed by atoms with Crippen LogP contribution in [0.5, 0.6) is 5.88 Å². The molecule has 0 saturated heterocycles. The van der Waals surface area contributed by atoms with Gasteiger partial charge in [-0.3, -0.25) is 19.3 Å². The fourth-order valence-corrected chi connectivity index (χ4v) is 2.28. The number of H-pyrrole nitrogens is 1. The van der Waals surface area contributed by atoms with Crippen molar-refractivity contribution in [3.63, 3.8) is 0 Å². The summed E-state index contributed by atoms with van der Waals surface area (Å²) in [5, 5.41) is 10.2. The number of nitrogens with one attached hydrogen (secondary N) is 1. The van der Waals surface area contributed by atoms with Gasteiger partial charge in [-0.1, -0.05) is 6.08 Å². The zero-order valence-corrected chi connectivity index (χ0v) is 14.4. The van der Waals surface area contributed by atoms with Crippen LogP contribution in [0.1, 0.15) is 22.8 Å². The first-order valence-corrected chi connectivity index (χ1v) is 7.87. The summed E-state index contributed by atoms with van der Waals surface area (Å²) in [6.45, 7) is 5.85. The number of ether oxygens (including phenoxy) is 1. The number of carbonyl (C=O) groups is 1. The molecule has 0 aliphatic rings. The molecule has 1 heterocycles. The van der Waals surface area contributed by atoms with E-state index in [0.717, 1.165) is 0 Å². The maximum absolute atomic E-state index is 12.0. The summed E-state index contributed by atoms with van der Waals surface area (Å²) in [4.78, 5) is 30.2. The van der Waals surface area contributed by atoms with Gasteiger partial charge < -0.3 is 9.84 Å². The molecular weight excluding hydrogens is 342 g/mol. The quantitative estimate of drug-likeness (QED) is 0.358. The summed E-state index contributed by atoms with van der Waals surface area (Å²) in [6.07, 6.45) is 2.78. The van der Waals surface area contributed by atoms with Gasteiger partial charge in [0.05, 0.1) is 17.9 Å². The van der Waals surface area contributed by atoms with E-state index in [-0.39, 0.29) is 22.8 Å². The van der Waals surface area contributed by atoms with Crippen LogP contribution in [0.3, 0.4) is 0 Å². The molecule has 2 N–H and O–H groups in total. The van der Waals surface area contributed by atoms with Gasteiger partial charge in [0.25, 0.3) is 5.56 Å². The molecule has 0 unspecified atom stereocenters. The molecule has 0 aliphatic carbocycles. The van der Waals surface area contributed by atoms with E-state index in [2.05, 4.69) is 16.6 Å². The second-order valence-electron chi connectivity index (χ2n) is 4.92. The molecule has 2 aromatic rings. The van der Waals surface area contributed by atoms with Crippen LogP contribution in [-0.2, 0) is 11.3 Å². The minimum absolute atomic E-state index is 0.0232. The normalized spacial score (nSPS) is 10.8. The van der Waals surface area contributed by atoms with E-state index in [1.165, 1.54) is 10.8 Å². The predicted octanol–water partition coefficient (Wildman–Crippen LogP) is 2.72. The molecule has 7 nitrogen and oxygen atoms in total. The summed E-state index contributed by atoms with van der Waals surface area (Å²) < 4.78 is 6.32. The fraction of sp³-hybridized carbons (Fsp3) is 0.176. The van der Waals surface area contributed by atoms with E-state index < -0.39 is 11.5 Å². The van der Waals surface area contributed by atoms with Gasteiger partial charge in [-0.15, -0.1) is 6.58 Å². The maximum Gasteiger partial charge on any atom is 0.338 e. The number of hydrogen-bond donors (Lipinski definition) is 2. The SMILES string of the molecule is C=CCn1c(O)c(C=Nc2ccc(C(=O)OCC)cc2)c(=O)[nH]c1=S. The van der Waals surface area contributed by atoms with Crippen molar-refractivity contribution in [3.05, 3.63) is 63.2 Å². The smallest absolute Gasteiger partial charge is 0.338 e. The lowest BCUT2D eigenvalue weighted by molar-refractivity contribution is 0.0526. The first-order valence-electron chi connectivity index (χ1n) is 7.46. The Morgan fingerprint density at radius 2 is 2.12 bits per heavy atom. The summed E-state index contributed by atoms with van der Waals surface area (Å²) in [5.41, 5.74) is 0.338. The van der Waals surface area contributed by atoms with Gasteiger partial charge in [-0.25, -0.2) is 4.79 Å². The van der Waals surface area contributed by atoms with Gasteiger partial charge in [-0.2, -0.15) is 0 Å². The van der Waals surface area contributed by atoms with E-state index in [4.69, 9.17) is 17.0 Å². The van der Waals surface area contributed by atoms with Gasteiger partial charge in [0.15, 0.2) is 4.77 Å². The number of aliphatic imine (C=N–C) groups is 1. The van der Waals surface area contributed by atoms with Gasteiger partial charge in [0, 0.05) is 12.8 Å². The summed E-state index contributed by atoms with van der Waals surface area (Å²) in [6, 6.07) is 6.35. The molecule has 0 atom stereocenters. The van der Waals surface area contributed by atoms with Crippen LogP contribution < -0.4 is 5.56 Å². The predicted molar refractivity (Wildman–Crippen MR) is 97.4 cm³/mol. The van der Waals surface area contributed by atoms with Crippen molar-refractivity contribution >= 4 is 30.1 Å². The third-order valence-corrected chi connectivity index (χ3v) is 3.56. The molecule has 0 fully saturated rings. The molecule has 0 amide bonds. The number of allylic oxidation sites excluding steroid dienone is 1. The Bertz CT molecular complexity index is 926. The molecule has 1 aromatic heterocycles. The third-order valence-electron chi connectivity index (χ3n) is 3.24. The first kappa shape index (κ1) is 18.3. The van der Waals surface area contributed by atoms with Crippen molar-refractivity contribution in [1.82, 2.24) is 9.55 Å². The first-order chi connectivity index (χ1) is 12.0. The van der Waals surface area contributed by atoms with E-state index in [1.54, 1.807) is 37.3 Å². The number of aromatic hydroxyl groups is 1. The van der Waals surface area contributed by atoms with Crippen molar-refractivity contribution in [2.24, 2.45) is 4.99 Å². The Kier molecular flexibility index (Phi) is 6.02. The lowest BCUT2D eigenvalue weighted by Crippen LogP contribution is -2.18. The molecule has 0 saturated carbocycles. The van der Waals surface area contributed by atoms with E-state index in [0.29, 0.717) is 17.9 Å². The number of carbonyl (C=O) groups excluding carboxylic acids is 1. The standard InChI is InChI=1S/C17H17N3O4S/c1-3-9-20-15(22)13(14(21)19-17(20)25)10-18-12-7-5-11(6-8-12)16(23)24-4-2/h3,5-8,10,22H,1,4,9H2,2H3,(H,19,21,25).